The van der Waals surface area contributed by atoms with Crippen molar-refractivity contribution in [1.29, 1.82) is 0 Å². The van der Waals surface area contributed by atoms with E-state index in [1.165, 1.54) is 12.1 Å². The summed E-state index contributed by atoms with van der Waals surface area (Å²) in [5.41, 5.74) is 2.66. The van der Waals surface area contributed by atoms with E-state index in [9.17, 15) is 14.0 Å². The number of allylic oxidation sites excluding steroid dienone is 2. The van der Waals surface area contributed by atoms with Gasteiger partial charge in [0.1, 0.15) is 17.3 Å². The SMILES string of the molecule is CCOC(=O)C1=C(C)NC(C)=C(C(=O)OCC)C1c1cc(-c2ccc(F)cc2)no1. The Labute approximate surface area is 173 Å². The van der Waals surface area contributed by atoms with Crippen molar-refractivity contribution in [3.63, 3.8) is 0 Å². The third-order valence-electron chi connectivity index (χ3n) is 4.70. The van der Waals surface area contributed by atoms with Gasteiger partial charge in [0.25, 0.3) is 0 Å². The number of rotatable bonds is 6. The molecule has 1 aromatic heterocycles. The molecule has 0 aliphatic carbocycles. The summed E-state index contributed by atoms with van der Waals surface area (Å²) in [5.74, 6) is -2.08. The lowest BCUT2D eigenvalue weighted by molar-refractivity contribution is -0.139. The van der Waals surface area contributed by atoms with Crippen LogP contribution in [0, 0.1) is 5.82 Å². The molecule has 0 radical (unpaired) electrons. The van der Waals surface area contributed by atoms with Gasteiger partial charge in [-0.2, -0.15) is 0 Å². The molecule has 0 fully saturated rings. The van der Waals surface area contributed by atoms with E-state index in [1.807, 2.05) is 0 Å². The van der Waals surface area contributed by atoms with E-state index < -0.39 is 17.9 Å². The first-order valence-electron chi connectivity index (χ1n) is 9.62. The Morgan fingerprint density at radius 1 is 1.03 bits per heavy atom. The lowest BCUT2D eigenvalue weighted by Crippen LogP contribution is -2.32. The van der Waals surface area contributed by atoms with Crippen LogP contribution in [-0.4, -0.2) is 30.3 Å². The monoisotopic (exact) mass is 414 g/mol. The fourth-order valence-electron chi connectivity index (χ4n) is 3.42. The average Bonchev–Trinajstić information content (AvgIpc) is 3.18. The minimum absolute atomic E-state index is 0.178. The van der Waals surface area contributed by atoms with E-state index in [4.69, 9.17) is 14.0 Å². The van der Waals surface area contributed by atoms with E-state index in [0.29, 0.717) is 22.7 Å². The molecule has 0 amide bonds. The van der Waals surface area contributed by atoms with Gasteiger partial charge in [-0.15, -0.1) is 0 Å². The molecule has 2 aromatic rings. The second-order valence-corrected chi connectivity index (χ2v) is 6.70. The molecule has 1 aliphatic rings. The molecule has 8 heteroatoms. The molecule has 0 bridgehead atoms. The quantitative estimate of drug-likeness (QED) is 0.718. The Bertz CT molecular complexity index is 980. The molecule has 30 heavy (non-hydrogen) atoms. The van der Waals surface area contributed by atoms with Crippen molar-refractivity contribution in [2.45, 2.75) is 33.6 Å². The molecule has 0 atom stereocenters. The molecule has 7 nitrogen and oxygen atoms in total. The Morgan fingerprint density at radius 2 is 1.57 bits per heavy atom. The lowest BCUT2D eigenvalue weighted by Gasteiger charge is -2.28. The smallest absolute Gasteiger partial charge is 0.336 e. The largest absolute Gasteiger partial charge is 0.463 e. The van der Waals surface area contributed by atoms with Crippen LogP contribution in [0.4, 0.5) is 4.39 Å². The van der Waals surface area contributed by atoms with Gasteiger partial charge in [0.15, 0.2) is 0 Å². The highest BCUT2D eigenvalue weighted by atomic mass is 19.1. The van der Waals surface area contributed by atoms with Crippen molar-refractivity contribution in [1.82, 2.24) is 10.5 Å². The Balaban J connectivity index is 2.11. The van der Waals surface area contributed by atoms with Crippen molar-refractivity contribution >= 4 is 11.9 Å². The fraction of sp³-hybridized carbons (Fsp3) is 0.318. The first-order chi connectivity index (χ1) is 14.4. The standard InChI is InChI=1S/C22H23FN2O5/c1-5-28-21(26)18-12(3)24-13(4)19(22(27)29-6-2)20(18)17-11-16(25-30-17)14-7-9-15(23)10-8-14/h7-11,20,24H,5-6H2,1-4H3. The zero-order chi connectivity index (χ0) is 21.8. The summed E-state index contributed by atoms with van der Waals surface area (Å²) in [6.45, 7) is 7.21. The van der Waals surface area contributed by atoms with Crippen LogP contribution in [0.1, 0.15) is 39.4 Å². The van der Waals surface area contributed by atoms with Crippen molar-refractivity contribution < 1.29 is 28.0 Å². The highest BCUT2D eigenvalue weighted by Crippen LogP contribution is 2.40. The van der Waals surface area contributed by atoms with Crippen LogP contribution < -0.4 is 5.32 Å². The molecule has 1 aromatic carbocycles. The van der Waals surface area contributed by atoms with Crippen molar-refractivity contribution in [2.75, 3.05) is 13.2 Å². The molecule has 3 rings (SSSR count). The summed E-state index contributed by atoms with van der Waals surface area (Å²) in [7, 11) is 0. The number of benzene rings is 1. The van der Waals surface area contributed by atoms with Crippen molar-refractivity contribution in [2.24, 2.45) is 0 Å². The zero-order valence-electron chi connectivity index (χ0n) is 17.2. The second kappa shape index (κ2) is 8.94. The summed E-state index contributed by atoms with van der Waals surface area (Å²) in [4.78, 5) is 25.5. The number of nitrogens with one attached hydrogen (secondary N) is 1. The minimum atomic E-state index is -0.856. The van der Waals surface area contributed by atoms with Crippen molar-refractivity contribution in [3.05, 3.63) is 64.4 Å². The third kappa shape index (κ3) is 4.12. The van der Waals surface area contributed by atoms with E-state index in [0.717, 1.165) is 0 Å². The van der Waals surface area contributed by atoms with Gasteiger partial charge in [-0.1, -0.05) is 5.16 Å². The molecule has 0 spiro atoms. The molecule has 1 aliphatic heterocycles. The molecule has 0 saturated carbocycles. The Kier molecular flexibility index (Phi) is 6.34. The number of carbonyl (C=O) groups excluding carboxylic acids is 2. The van der Waals surface area contributed by atoms with Crippen LogP contribution in [0.3, 0.4) is 0 Å². The van der Waals surface area contributed by atoms with Gasteiger partial charge in [-0.3, -0.25) is 0 Å². The second-order valence-electron chi connectivity index (χ2n) is 6.70. The molecular formula is C22H23FN2O5. The van der Waals surface area contributed by atoms with Crippen molar-refractivity contribution in [3.8, 4) is 11.3 Å². The number of aromatic nitrogens is 1. The lowest BCUT2D eigenvalue weighted by atomic mass is 9.83. The maximum Gasteiger partial charge on any atom is 0.336 e. The number of hydrogen-bond acceptors (Lipinski definition) is 7. The summed E-state index contributed by atoms with van der Waals surface area (Å²) < 4.78 is 29.2. The topological polar surface area (TPSA) is 90.7 Å². The molecule has 158 valence electrons. The van der Waals surface area contributed by atoms with E-state index in [2.05, 4.69) is 10.5 Å². The van der Waals surface area contributed by atoms with Crippen LogP contribution in [0.2, 0.25) is 0 Å². The van der Waals surface area contributed by atoms with E-state index in [1.54, 1.807) is 45.9 Å². The summed E-state index contributed by atoms with van der Waals surface area (Å²) in [5, 5.41) is 7.11. The normalized spacial score (nSPS) is 14.6. The molecule has 0 unspecified atom stereocenters. The predicted molar refractivity (Wildman–Crippen MR) is 106 cm³/mol. The molecule has 1 N–H and O–H groups in total. The summed E-state index contributed by atoms with van der Waals surface area (Å²) in [6.07, 6.45) is 0. The number of esters is 2. The number of halogens is 1. The Hall–Kier alpha value is -3.42. The first-order valence-corrected chi connectivity index (χ1v) is 9.62. The highest BCUT2D eigenvalue weighted by Gasteiger charge is 2.40. The molecule has 2 heterocycles. The van der Waals surface area contributed by atoms with Gasteiger partial charge in [-0.05, 0) is 52.0 Å². The maximum absolute atomic E-state index is 13.2. The average molecular weight is 414 g/mol. The zero-order valence-corrected chi connectivity index (χ0v) is 17.2. The fourth-order valence-corrected chi connectivity index (χ4v) is 3.42. The van der Waals surface area contributed by atoms with Gasteiger partial charge < -0.3 is 19.3 Å². The van der Waals surface area contributed by atoms with Gasteiger partial charge >= 0.3 is 11.9 Å². The van der Waals surface area contributed by atoms with Gasteiger partial charge in [0.2, 0.25) is 0 Å². The summed E-state index contributed by atoms with van der Waals surface area (Å²) in [6, 6.07) is 7.40. The maximum atomic E-state index is 13.2. The number of carbonyl (C=O) groups is 2. The van der Waals surface area contributed by atoms with Crippen LogP contribution >= 0.6 is 0 Å². The van der Waals surface area contributed by atoms with Gasteiger partial charge in [-0.25, -0.2) is 14.0 Å². The number of nitrogens with zero attached hydrogens (tertiary/aromatic N) is 1. The van der Waals surface area contributed by atoms with Gasteiger partial charge in [0.05, 0.1) is 30.3 Å². The van der Waals surface area contributed by atoms with Crippen LogP contribution in [0.25, 0.3) is 11.3 Å². The first kappa shape index (κ1) is 21.3. The number of ether oxygens (including phenoxy) is 2. The molecule has 0 saturated heterocycles. The predicted octanol–water partition coefficient (Wildman–Crippen LogP) is 3.84. The summed E-state index contributed by atoms with van der Waals surface area (Å²) >= 11 is 0. The van der Waals surface area contributed by atoms with Crippen LogP contribution in [-0.2, 0) is 19.1 Å². The molecular weight excluding hydrogens is 391 g/mol. The minimum Gasteiger partial charge on any atom is -0.463 e. The third-order valence-corrected chi connectivity index (χ3v) is 4.70. The van der Waals surface area contributed by atoms with Gasteiger partial charge in [0, 0.05) is 23.0 Å². The Morgan fingerprint density at radius 3 is 2.07 bits per heavy atom. The number of hydrogen-bond donors (Lipinski definition) is 1. The van der Waals surface area contributed by atoms with E-state index >= 15 is 0 Å². The van der Waals surface area contributed by atoms with Crippen LogP contribution in [0.15, 0.2) is 57.4 Å². The van der Waals surface area contributed by atoms with E-state index in [-0.39, 0.29) is 35.9 Å². The number of dihydropyridines is 1. The highest BCUT2D eigenvalue weighted by molar-refractivity contribution is 5.99. The van der Waals surface area contributed by atoms with Crippen LogP contribution in [0.5, 0.6) is 0 Å².